The van der Waals surface area contributed by atoms with Gasteiger partial charge in [0.05, 0.1) is 0 Å². The van der Waals surface area contributed by atoms with Gasteiger partial charge >= 0.3 is 18.0 Å². The first-order valence-electron chi connectivity index (χ1n) is 3.82. The molecule has 0 heterocycles. The molecule has 0 rings (SSSR count). The first-order chi connectivity index (χ1) is 6.15. The number of carbonyl (C=O) groups is 2. The largest absolute Gasteiger partial charge is 0.406 e. The molecule has 0 unspecified atom stereocenters. The molecule has 0 radical (unpaired) electrons. The third-order valence-corrected chi connectivity index (χ3v) is 1.44. The predicted octanol–water partition coefficient (Wildman–Crippen LogP) is 0.271. The van der Waals surface area contributed by atoms with E-state index in [4.69, 9.17) is 0 Å². The molecule has 0 saturated heterocycles. The van der Waals surface area contributed by atoms with Crippen molar-refractivity contribution in [2.24, 2.45) is 5.73 Å². The van der Waals surface area contributed by atoms with Crippen LogP contribution in [0, 0.1) is 0 Å². The van der Waals surface area contributed by atoms with Crippen LogP contribution in [0.1, 0.15) is 13.8 Å². The van der Waals surface area contributed by atoms with Crippen LogP contribution in [0.2, 0.25) is 0 Å². The lowest BCUT2D eigenvalue weighted by Crippen LogP contribution is -2.48. The second-order valence-corrected chi connectivity index (χ2v) is 3.01. The van der Waals surface area contributed by atoms with Gasteiger partial charge in [0, 0.05) is 6.04 Å². The number of hydrogen-bond acceptors (Lipinski definition) is 2. The number of nitrogens with two attached hydrogens (primary N) is 1. The lowest BCUT2D eigenvalue weighted by atomic mass is 10.3. The van der Waals surface area contributed by atoms with Crippen molar-refractivity contribution in [3.63, 3.8) is 0 Å². The molecule has 0 spiro atoms. The standard InChI is InChI=1S/C7H11F3N2O2/c1-4(2)12(3-7(8,9)10)6(14)5(11)13/h4H,3H2,1-2H3,(H2,11,13). The molecular weight excluding hydrogens is 201 g/mol. The zero-order valence-electron chi connectivity index (χ0n) is 7.76. The summed E-state index contributed by atoms with van der Waals surface area (Å²) in [6.45, 7) is 1.27. The fourth-order valence-electron chi connectivity index (χ4n) is 0.824. The predicted molar refractivity (Wildman–Crippen MR) is 42.1 cm³/mol. The molecule has 2 amide bonds. The van der Waals surface area contributed by atoms with Crippen LogP contribution in [0.4, 0.5) is 13.2 Å². The fraction of sp³-hybridized carbons (Fsp3) is 0.714. The first-order valence-corrected chi connectivity index (χ1v) is 3.82. The summed E-state index contributed by atoms with van der Waals surface area (Å²) in [7, 11) is 0. The number of nitrogens with zero attached hydrogens (tertiary/aromatic N) is 1. The second-order valence-electron chi connectivity index (χ2n) is 3.01. The quantitative estimate of drug-likeness (QED) is 0.668. The molecule has 0 aliphatic rings. The summed E-state index contributed by atoms with van der Waals surface area (Å²) in [5, 5.41) is 0. The Morgan fingerprint density at radius 3 is 2.00 bits per heavy atom. The molecule has 0 aromatic rings. The summed E-state index contributed by atoms with van der Waals surface area (Å²) >= 11 is 0. The highest BCUT2D eigenvalue weighted by Gasteiger charge is 2.35. The van der Waals surface area contributed by atoms with E-state index in [9.17, 15) is 22.8 Å². The lowest BCUT2D eigenvalue weighted by Gasteiger charge is -2.26. The number of halogens is 3. The van der Waals surface area contributed by atoms with Crippen molar-refractivity contribution in [1.29, 1.82) is 0 Å². The van der Waals surface area contributed by atoms with Gasteiger partial charge in [0.1, 0.15) is 6.54 Å². The maximum atomic E-state index is 11.9. The Hall–Kier alpha value is -1.27. The van der Waals surface area contributed by atoms with Crippen molar-refractivity contribution in [3.05, 3.63) is 0 Å². The zero-order valence-corrected chi connectivity index (χ0v) is 7.76. The van der Waals surface area contributed by atoms with Gasteiger partial charge in [-0.15, -0.1) is 0 Å². The summed E-state index contributed by atoms with van der Waals surface area (Å²) in [5.74, 6) is -2.71. The highest BCUT2D eigenvalue weighted by Crippen LogP contribution is 2.17. The van der Waals surface area contributed by atoms with Crippen molar-refractivity contribution < 1.29 is 22.8 Å². The van der Waals surface area contributed by atoms with E-state index in [2.05, 4.69) is 5.73 Å². The van der Waals surface area contributed by atoms with E-state index in [0.717, 1.165) is 0 Å². The lowest BCUT2D eigenvalue weighted by molar-refractivity contribution is -0.167. The number of carbonyl (C=O) groups excluding carboxylic acids is 2. The summed E-state index contributed by atoms with van der Waals surface area (Å²) in [5.41, 5.74) is 4.60. The molecule has 0 aliphatic heterocycles. The Labute approximate surface area is 78.8 Å². The van der Waals surface area contributed by atoms with Gasteiger partial charge in [0.15, 0.2) is 0 Å². The van der Waals surface area contributed by atoms with E-state index in [0.29, 0.717) is 4.90 Å². The molecular formula is C7H11F3N2O2. The molecule has 0 saturated carbocycles. The SMILES string of the molecule is CC(C)N(CC(F)(F)F)C(=O)C(N)=O. The van der Waals surface area contributed by atoms with E-state index in [1.54, 1.807) is 0 Å². The summed E-state index contributed by atoms with van der Waals surface area (Å²) in [4.78, 5) is 21.7. The van der Waals surface area contributed by atoms with Crippen LogP contribution in [0.15, 0.2) is 0 Å². The van der Waals surface area contributed by atoms with Gasteiger partial charge in [-0.1, -0.05) is 0 Å². The smallest absolute Gasteiger partial charge is 0.361 e. The third-order valence-electron chi connectivity index (χ3n) is 1.44. The van der Waals surface area contributed by atoms with Gasteiger partial charge in [-0.05, 0) is 13.8 Å². The molecule has 0 aromatic heterocycles. The van der Waals surface area contributed by atoms with Gasteiger partial charge in [-0.3, -0.25) is 9.59 Å². The Balaban J connectivity index is 4.62. The Morgan fingerprint density at radius 1 is 1.36 bits per heavy atom. The van der Waals surface area contributed by atoms with E-state index in [1.807, 2.05) is 0 Å². The van der Waals surface area contributed by atoms with E-state index in [-0.39, 0.29) is 0 Å². The van der Waals surface area contributed by atoms with Gasteiger partial charge < -0.3 is 10.6 Å². The maximum Gasteiger partial charge on any atom is 0.406 e. The molecule has 0 atom stereocenters. The molecule has 14 heavy (non-hydrogen) atoms. The van der Waals surface area contributed by atoms with Crippen LogP contribution < -0.4 is 5.73 Å². The minimum absolute atomic E-state index is 0.377. The average molecular weight is 212 g/mol. The van der Waals surface area contributed by atoms with Crippen LogP contribution in [0.3, 0.4) is 0 Å². The van der Waals surface area contributed by atoms with Crippen molar-refractivity contribution in [3.8, 4) is 0 Å². The summed E-state index contributed by atoms with van der Waals surface area (Å²) in [6.07, 6.45) is -4.53. The topological polar surface area (TPSA) is 63.4 Å². The van der Waals surface area contributed by atoms with Gasteiger partial charge in [0.25, 0.3) is 0 Å². The van der Waals surface area contributed by atoms with Crippen LogP contribution in [-0.2, 0) is 9.59 Å². The number of amides is 2. The third kappa shape index (κ3) is 4.11. The van der Waals surface area contributed by atoms with Crippen molar-refractivity contribution in [1.82, 2.24) is 4.90 Å². The summed E-state index contributed by atoms with van der Waals surface area (Å²) in [6, 6.07) is -0.725. The number of hydrogen-bond donors (Lipinski definition) is 1. The average Bonchev–Trinajstić information content (AvgIpc) is 1.96. The van der Waals surface area contributed by atoms with Gasteiger partial charge in [0.2, 0.25) is 0 Å². The minimum Gasteiger partial charge on any atom is -0.361 e. The molecule has 82 valence electrons. The first kappa shape index (κ1) is 12.7. The number of rotatable bonds is 2. The molecule has 0 aliphatic carbocycles. The van der Waals surface area contributed by atoms with Crippen LogP contribution >= 0.6 is 0 Å². The van der Waals surface area contributed by atoms with Crippen LogP contribution in [-0.4, -0.2) is 35.5 Å². The molecule has 0 aromatic carbocycles. The summed E-state index contributed by atoms with van der Waals surface area (Å²) < 4.78 is 35.8. The van der Waals surface area contributed by atoms with E-state index < -0.39 is 30.6 Å². The molecule has 7 heteroatoms. The Kier molecular flexibility index (Phi) is 3.91. The second kappa shape index (κ2) is 4.30. The molecule has 0 fully saturated rings. The van der Waals surface area contributed by atoms with Crippen molar-refractivity contribution in [2.75, 3.05) is 6.54 Å². The molecule has 2 N–H and O–H groups in total. The fourth-order valence-corrected chi connectivity index (χ4v) is 0.824. The molecule has 4 nitrogen and oxygen atoms in total. The number of primary amides is 1. The van der Waals surface area contributed by atoms with E-state index >= 15 is 0 Å². The Morgan fingerprint density at radius 2 is 1.79 bits per heavy atom. The van der Waals surface area contributed by atoms with E-state index in [1.165, 1.54) is 13.8 Å². The number of alkyl halides is 3. The molecule has 0 bridgehead atoms. The Bertz CT molecular complexity index is 238. The van der Waals surface area contributed by atoms with Gasteiger partial charge in [-0.2, -0.15) is 13.2 Å². The monoisotopic (exact) mass is 212 g/mol. The van der Waals surface area contributed by atoms with Crippen molar-refractivity contribution in [2.45, 2.75) is 26.1 Å². The zero-order chi connectivity index (χ0) is 11.5. The van der Waals surface area contributed by atoms with Gasteiger partial charge in [-0.25, -0.2) is 0 Å². The highest BCUT2D eigenvalue weighted by atomic mass is 19.4. The van der Waals surface area contributed by atoms with Crippen LogP contribution in [0.25, 0.3) is 0 Å². The van der Waals surface area contributed by atoms with Crippen LogP contribution in [0.5, 0.6) is 0 Å². The van der Waals surface area contributed by atoms with Crippen molar-refractivity contribution >= 4 is 11.8 Å². The maximum absolute atomic E-state index is 11.9. The highest BCUT2D eigenvalue weighted by molar-refractivity contribution is 6.34. The minimum atomic E-state index is -4.53. The normalized spacial score (nSPS) is 11.6.